The first-order valence-corrected chi connectivity index (χ1v) is 7.49. The summed E-state index contributed by atoms with van der Waals surface area (Å²) in [4.78, 5) is 7.37. The second-order valence-electron chi connectivity index (χ2n) is 4.79. The molecule has 1 aromatic heterocycles. The third kappa shape index (κ3) is 2.34. The van der Waals surface area contributed by atoms with E-state index in [-0.39, 0.29) is 0 Å². The van der Waals surface area contributed by atoms with E-state index in [2.05, 4.69) is 41.0 Å². The van der Waals surface area contributed by atoms with E-state index >= 15 is 0 Å². The van der Waals surface area contributed by atoms with Gasteiger partial charge in [0.15, 0.2) is 0 Å². The van der Waals surface area contributed by atoms with Gasteiger partial charge in [-0.15, -0.1) is 0 Å². The number of thioether (sulfide) groups is 1. The minimum absolute atomic E-state index is 0.486. The molecular weight excluding hydrogens is 230 g/mol. The molecule has 0 radical (unpaired) electrons. The van der Waals surface area contributed by atoms with E-state index in [0.717, 1.165) is 18.8 Å². The van der Waals surface area contributed by atoms with Crippen LogP contribution in [0.5, 0.6) is 0 Å². The Kier molecular flexibility index (Phi) is 3.36. The highest BCUT2D eigenvalue weighted by atomic mass is 32.2. The van der Waals surface area contributed by atoms with Crippen molar-refractivity contribution in [3.05, 3.63) is 29.1 Å². The summed E-state index contributed by atoms with van der Waals surface area (Å²) in [5, 5.41) is 3.52. The van der Waals surface area contributed by atoms with E-state index in [1.807, 2.05) is 0 Å². The lowest BCUT2D eigenvalue weighted by molar-refractivity contribution is 0.199. The maximum Gasteiger partial charge on any atom is 0.0650 e. The Bertz CT molecular complexity index is 402. The Hall–Kier alpha value is -0.580. The van der Waals surface area contributed by atoms with E-state index in [1.165, 1.54) is 35.9 Å². The summed E-state index contributed by atoms with van der Waals surface area (Å²) in [6.45, 7) is 6.51. The molecule has 2 aliphatic rings. The topological polar surface area (TPSA) is 28.2 Å². The number of aromatic nitrogens is 1. The van der Waals surface area contributed by atoms with Crippen LogP contribution in [-0.4, -0.2) is 41.0 Å². The molecule has 0 bridgehead atoms. The van der Waals surface area contributed by atoms with Gasteiger partial charge >= 0.3 is 0 Å². The first kappa shape index (κ1) is 11.5. The largest absolute Gasteiger partial charge is 0.311 e. The third-order valence-electron chi connectivity index (χ3n) is 3.61. The highest BCUT2D eigenvalue weighted by Gasteiger charge is 2.28. The molecule has 1 N–H and O–H groups in total. The lowest BCUT2D eigenvalue weighted by Gasteiger charge is -2.37. The van der Waals surface area contributed by atoms with Crippen LogP contribution in [-0.2, 0) is 6.54 Å². The standard InChI is InChI=1S/C13H19N3S/c1-10-2-3-11-8-14-9-12(13(11)15-10)16-4-6-17-7-5-16/h2-3,12,14H,4-9H2,1H3. The maximum absolute atomic E-state index is 4.78. The van der Waals surface area contributed by atoms with Crippen molar-refractivity contribution >= 4 is 11.8 Å². The van der Waals surface area contributed by atoms with E-state index in [9.17, 15) is 0 Å². The summed E-state index contributed by atoms with van der Waals surface area (Å²) in [5.74, 6) is 2.52. The zero-order valence-corrected chi connectivity index (χ0v) is 11.1. The van der Waals surface area contributed by atoms with E-state index < -0.39 is 0 Å². The van der Waals surface area contributed by atoms with Crippen molar-refractivity contribution in [1.29, 1.82) is 0 Å². The van der Waals surface area contributed by atoms with Crippen LogP contribution < -0.4 is 5.32 Å². The van der Waals surface area contributed by atoms with E-state index in [1.54, 1.807) is 0 Å². The molecule has 0 aliphatic carbocycles. The molecule has 1 aromatic rings. The van der Waals surface area contributed by atoms with Crippen molar-refractivity contribution in [2.24, 2.45) is 0 Å². The van der Waals surface area contributed by atoms with E-state index in [0.29, 0.717) is 6.04 Å². The van der Waals surface area contributed by atoms with Crippen LogP contribution in [0.3, 0.4) is 0 Å². The number of hydrogen-bond acceptors (Lipinski definition) is 4. The van der Waals surface area contributed by atoms with Crippen molar-refractivity contribution in [2.45, 2.75) is 19.5 Å². The number of pyridine rings is 1. The molecule has 0 aromatic carbocycles. The van der Waals surface area contributed by atoms with Gasteiger partial charge in [0.05, 0.1) is 11.7 Å². The second kappa shape index (κ2) is 4.96. The summed E-state index contributed by atoms with van der Waals surface area (Å²) >= 11 is 2.06. The predicted octanol–water partition coefficient (Wildman–Crippen LogP) is 1.58. The Morgan fingerprint density at radius 2 is 2.18 bits per heavy atom. The Labute approximate surface area is 107 Å². The molecule has 3 rings (SSSR count). The fraction of sp³-hybridized carbons (Fsp3) is 0.615. The number of nitrogens with one attached hydrogen (secondary N) is 1. The van der Waals surface area contributed by atoms with E-state index in [4.69, 9.17) is 4.98 Å². The predicted molar refractivity (Wildman–Crippen MR) is 72.3 cm³/mol. The summed E-state index contributed by atoms with van der Waals surface area (Å²) in [7, 11) is 0. The van der Waals surface area contributed by atoms with Crippen LogP contribution in [0.2, 0.25) is 0 Å². The Balaban J connectivity index is 1.89. The Morgan fingerprint density at radius 3 is 3.00 bits per heavy atom. The summed E-state index contributed by atoms with van der Waals surface area (Å²) in [6.07, 6.45) is 0. The van der Waals surface area contributed by atoms with Gasteiger partial charge in [-0.3, -0.25) is 9.88 Å². The van der Waals surface area contributed by atoms with Crippen LogP contribution in [0.4, 0.5) is 0 Å². The van der Waals surface area contributed by atoms with Crippen molar-refractivity contribution < 1.29 is 0 Å². The highest BCUT2D eigenvalue weighted by Crippen LogP contribution is 2.27. The van der Waals surface area contributed by atoms with Gasteiger partial charge in [0.2, 0.25) is 0 Å². The number of fused-ring (bicyclic) bond motifs is 1. The molecule has 0 saturated carbocycles. The van der Waals surface area contributed by atoms with Gasteiger partial charge in [-0.05, 0) is 18.6 Å². The molecule has 1 unspecified atom stereocenters. The van der Waals surface area contributed by atoms with Crippen LogP contribution in [0.25, 0.3) is 0 Å². The lowest BCUT2D eigenvalue weighted by atomic mass is 10.0. The van der Waals surface area contributed by atoms with Gasteiger partial charge < -0.3 is 5.32 Å². The SMILES string of the molecule is Cc1ccc2c(n1)C(N1CCSCC1)CNC2. The van der Waals surface area contributed by atoms with Gasteiger partial charge in [0, 0.05) is 43.4 Å². The molecule has 17 heavy (non-hydrogen) atoms. The first-order chi connectivity index (χ1) is 8.34. The molecule has 0 amide bonds. The van der Waals surface area contributed by atoms with Crippen LogP contribution in [0.15, 0.2) is 12.1 Å². The number of aryl methyl sites for hydroxylation is 1. The van der Waals surface area contributed by atoms with Gasteiger partial charge in [-0.25, -0.2) is 0 Å². The first-order valence-electron chi connectivity index (χ1n) is 6.33. The Morgan fingerprint density at radius 1 is 1.35 bits per heavy atom. The molecule has 4 heteroatoms. The van der Waals surface area contributed by atoms with Gasteiger partial charge in [0.25, 0.3) is 0 Å². The van der Waals surface area contributed by atoms with Crippen molar-refractivity contribution in [2.75, 3.05) is 31.1 Å². The number of nitrogens with zero attached hydrogens (tertiary/aromatic N) is 2. The van der Waals surface area contributed by atoms with Crippen LogP contribution in [0, 0.1) is 6.92 Å². The van der Waals surface area contributed by atoms with Crippen LogP contribution in [0.1, 0.15) is 23.0 Å². The summed E-state index contributed by atoms with van der Waals surface area (Å²) in [5.41, 5.74) is 3.84. The second-order valence-corrected chi connectivity index (χ2v) is 6.02. The molecular formula is C13H19N3S. The zero-order valence-electron chi connectivity index (χ0n) is 10.3. The molecule has 3 nitrogen and oxygen atoms in total. The zero-order chi connectivity index (χ0) is 11.7. The molecule has 2 aliphatic heterocycles. The highest BCUT2D eigenvalue weighted by molar-refractivity contribution is 7.99. The van der Waals surface area contributed by atoms with Crippen molar-refractivity contribution in [3.63, 3.8) is 0 Å². The maximum atomic E-state index is 4.78. The minimum atomic E-state index is 0.486. The molecule has 92 valence electrons. The van der Waals surface area contributed by atoms with Crippen molar-refractivity contribution in [1.82, 2.24) is 15.2 Å². The average molecular weight is 249 g/mol. The quantitative estimate of drug-likeness (QED) is 0.818. The normalized spacial score (nSPS) is 25.6. The molecule has 1 fully saturated rings. The van der Waals surface area contributed by atoms with Gasteiger partial charge in [-0.1, -0.05) is 6.07 Å². The monoisotopic (exact) mass is 249 g/mol. The number of rotatable bonds is 1. The number of hydrogen-bond donors (Lipinski definition) is 1. The lowest BCUT2D eigenvalue weighted by Crippen LogP contribution is -2.44. The molecule has 3 heterocycles. The summed E-state index contributed by atoms with van der Waals surface area (Å²) in [6, 6.07) is 4.84. The minimum Gasteiger partial charge on any atom is -0.311 e. The van der Waals surface area contributed by atoms with Gasteiger partial charge in [-0.2, -0.15) is 11.8 Å². The van der Waals surface area contributed by atoms with Crippen molar-refractivity contribution in [3.8, 4) is 0 Å². The summed E-state index contributed by atoms with van der Waals surface area (Å²) < 4.78 is 0. The fourth-order valence-electron chi connectivity index (χ4n) is 2.68. The van der Waals surface area contributed by atoms with Crippen LogP contribution >= 0.6 is 11.8 Å². The van der Waals surface area contributed by atoms with Gasteiger partial charge in [0.1, 0.15) is 0 Å². The molecule has 0 spiro atoms. The smallest absolute Gasteiger partial charge is 0.0650 e. The fourth-order valence-corrected chi connectivity index (χ4v) is 3.61. The third-order valence-corrected chi connectivity index (χ3v) is 4.55. The average Bonchev–Trinajstić information content (AvgIpc) is 2.39. The molecule has 1 atom stereocenters. The molecule has 1 saturated heterocycles.